The summed E-state index contributed by atoms with van der Waals surface area (Å²) < 4.78 is 13.9. The molecule has 0 bridgehead atoms. The fourth-order valence-corrected chi connectivity index (χ4v) is 2.30. The van der Waals surface area contributed by atoms with E-state index in [0.29, 0.717) is 38.9 Å². The van der Waals surface area contributed by atoms with E-state index in [9.17, 15) is 14.4 Å². The van der Waals surface area contributed by atoms with Crippen molar-refractivity contribution in [2.24, 2.45) is 0 Å². The summed E-state index contributed by atoms with van der Waals surface area (Å²) in [6.45, 7) is 6.40. The van der Waals surface area contributed by atoms with Crippen molar-refractivity contribution >= 4 is 17.9 Å². The van der Waals surface area contributed by atoms with Gasteiger partial charge in [0.05, 0.1) is 40.6 Å². The molecule has 0 radical (unpaired) electrons. The number of nitrogens with one attached hydrogen (secondary N) is 3. The first-order valence-electron chi connectivity index (χ1n) is 9.58. The summed E-state index contributed by atoms with van der Waals surface area (Å²) in [4.78, 5) is 35.6. The monoisotopic (exact) mass is 404 g/mol. The lowest BCUT2D eigenvalue weighted by molar-refractivity contribution is -0.142. The van der Waals surface area contributed by atoms with Crippen LogP contribution in [-0.2, 0) is 28.6 Å². The number of methoxy groups -OCH3 is 3. The molecule has 0 amide bonds. The largest absolute Gasteiger partial charge is 0.469 e. The van der Waals surface area contributed by atoms with Gasteiger partial charge in [-0.3, -0.25) is 14.4 Å². The van der Waals surface area contributed by atoms with Crippen molar-refractivity contribution in [3.63, 3.8) is 0 Å². The Balaban J connectivity index is 3.72. The first-order chi connectivity index (χ1) is 13.5. The lowest BCUT2D eigenvalue weighted by atomic mass is 10.3. The highest BCUT2D eigenvalue weighted by Gasteiger charge is 2.10. The summed E-state index contributed by atoms with van der Waals surface area (Å²) in [5, 5.41) is 9.78. The Hall–Kier alpha value is -1.75. The van der Waals surface area contributed by atoms with Gasteiger partial charge in [0.1, 0.15) is 0 Å². The molecule has 0 aromatic heterocycles. The number of ether oxygens (including phenoxy) is 3. The molecule has 0 aromatic rings. The zero-order chi connectivity index (χ0) is 21.0. The number of hydrogen-bond donors (Lipinski definition) is 3. The van der Waals surface area contributed by atoms with E-state index < -0.39 is 0 Å². The molecule has 0 aliphatic carbocycles. The second-order valence-corrected chi connectivity index (χ2v) is 6.07. The Labute approximate surface area is 167 Å². The summed E-state index contributed by atoms with van der Waals surface area (Å²) in [6, 6.07) is 0. The highest BCUT2D eigenvalue weighted by atomic mass is 16.5. The molecule has 10 heteroatoms. The summed E-state index contributed by atoms with van der Waals surface area (Å²) in [5.41, 5.74) is 0. The van der Waals surface area contributed by atoms with Crippen molar-refractivity contribution in [1.29, 1.82) is 0 Å². The van der Waals surface area contributed by atoms with Crippen LogP contribution in [0.3, 0.4) is 0 Å². The molecule has 0 aromatic carbocycles. The molecule has 28 heavy (non-hydrogen) atoms. The van der Waals surface area contributed by atoms with Crippen molar-refractivity contribution in [3.8, 4) is 0 Å². The van der Waals surface area contributed by atoms with E-state index in [2.05, 4.69) is 30.2 Å². The number of esters is 3. The number of nitrogens with zero attached hydrogens (tertiary/aromatic N) is 1. The molecule has 0 rings (SSSR count). The Kier molecular flexibility index (Phi) is 17.4. The fourth-order valence-electron chi connectivity index (χ4n) is 2.30. The molecule has 0 spiro atoms. The first kappa shape index (κ1) is 26.2. The lowest BCUT2D eigenvalue weighted by Crippen LogP contribution is -2.38. The van der Waals surface area contributed by atoms with Gasteiger partial charge in [-0.2, -0.15) is 0 Å². The molecule has 3 N–H and O–H groups in total. The quantitative estimate of drug-likeness (QED) is 0.145. The molecule has 10 nitrogen and oxygen atoms in total. The van der Waals surface area contributed by atoms with Crippen LogP contribution < -0.4 is 16.0 Å². The highest BCUT2D eigenvalue weighted by Crippen LogP contribution is 1.97. The fraction of sp³-hybridized carbons (Fsp3) is 0.833. The molecule has 0 unspecified atom stereocenters. The summed E-state index contributed by atoms with van der Waals surface area (Å²) in [5.74, 6) is -0.738. The van der Waals surface area contributed by atoms with Crippen LogP contribution in [0.25, 0.3) is 0 Å². The SMILES string of the molecule is COC(=O)CCNCCNCCNCCN(CCC(=O)OC)CCC(=O)OC. The van der Waals surface area contributed by atoms with Gasteiger partial charge in [0, 0.05) is 58.9 Å². The first-order valence-corrected chi connectivity index (χ1v) is 9.58. The van der Waals surface area contributed by atoms with Gasteiger partial charge in [0.25, 0.3) is 0 Å². The Morgan fingerprint density at radius 1 is 0.571 bits per heavy atom. The Morgan fingerprint density at radius 2 is 0.964 bits per heavy atom. The normalized spacial score (nSPS) is 10.7. The van der Waals surface area contributed by atoms with E-state index in [4.69, 9.17) is 0 Å². The maximum absolute atomic E-state index is 11.3. The molecular weight excluding hydrogens is 368 g/mol. The van der Waals surface area contributed by atoms with Gasteiger partial charge in [-0.15, -0.1) is 0 Å². The average Bonchev–Trinajstić information content (AvgIpc) is 2.72. The second kappa shape index (κ2) is 18.6. The van der Waals surface area contributed by atoms with E-state index in [1.54, 1.807) is 0 Å². The van der Waals surface area contributed by atoms with Gasteiger partial charge in [-0.1, -0.05) is 0 Å². The van der Waals surface area contributed by atoms with Crippen LogP contribution in [0.2, 0.25) is 0 Å². The van der Waals surface area contributed by atoms with Gasteiger partial charge in [0.2, 0.25) is 0 Å². The molecular formula is C18H36N4O6. The van der Waals surface area contributed by atoms with Crippen molar-refractivity contribution < 1.29 is 28.6 Å². The smallest absolute Gasteiger partial charge is 0.306 e. The minimum absolute atomic E-state index is 0.211. The minimum Gasteiger partial charge on any atom is -0.469 e. The predicted octanol–water partition coefficient (Wildman–Crippen LogP) is -1.25. The van der Waals surface area contributed by atoms with E-state index in [-0.39, 0.29) is 17.9 Å². The Bertz CT molecular complexity index is 416. The minimum atomic E-state index is -0.263. The van der Waals surface area contributed by atoms with Crippen LogP contribution in [0.15, 0.2) is 0 Å². The van der Waals surface area contributed by atoms with Crippen LogP contribution in [0.5, 0.6) is 0 Å². The van der Waals surface area contributed by atoms with E-state index in [1.807, 2.05) is 4.90 Å². The van der Waals surface area contributed by atoms with Gasteiger partial charge in [0.15, 0.2) is 0 Å². The number of hydrogen-bond acceptors (Lipinski definition) is 10. The van der Waals surface area contributed by atoms with Gasteiger partial charge < -0.3 is 35.1 Å². The van der Waals surface area contributed by atoms with Gasteiger partial charge in [-0.05, 0) is 0 Å². The average molecular weight is 405 g/mol. The number of carbonyl (C=O) groups is 3. The van der Waals surface area contributed by atoms with Gasteiger partial charge >= 0.3 is 17.9 Å². The van der Waals surface area contributed by atoms with Crippen LogP contribution in [0, 0.1) is 0 Å². The van der Waals surface area contributed by atoms with E-state index in [1.165, 1.54) is 21.3 Å². The maximum Gasteiger partial charge on any atom is 0.306 e. The summed E-state index contributed by atoms with van der Waals surface area (Å²) >= 11 is 0. The molecule has 0 saturated carbocycles. The van der Waals surface area contributed by atoms with Crippen molar-refractivity contribution in [1.82, 2.24) is 20.9 Å². The van der Waals surface area contributed by atoms with E-state index >= 15 is 0 Å². The lowest BCUT2D eigenvalue weighted by Gasteiger charge is -2.21. The molecule has 0 fully saturated rings. The topological polar surface area (TPSA) is 118 Å². The van der Waals surface area contributed by atoms with Crippen molar-refractivity contribution in [2.75, 3.05) is 80.2 Å². The molecule has 0 heterocycles. The molecule has 164 valence electrons. The van der Waals surface area contributed by atoms with Crippen LogP contribution >= 0.6 is 0 Å². The maximum atomic E-state index is 11.3. The second-order valence-electron chi connectivity index (χ2n) is 6.07. The summed E-state index contributed by atoms with van der Waals surface area (Å²) in [6.07, 6.45) is 0.963. The van der Waals surface area contributed by atoms with E-state index in [0.717, 1.165) is 39.3 Å². The molecule has 0 aliphatic heterocycles. The van der Waals surface area contributed by atoms with Crippen molar-refractivity contribution in [3.05, 3.63) is 0 Å². The zero-order valence-corrected chi connectivity index (χ0v) is 17.4. The molecule has 0 aliphatic rings. The number of rotatable bonds is 18. The third-order valence-corrected chi connectivity index (χ3v) is 4.02. The predicted molar refractivity (Wildman–Crippen MR) is 105 cm³/mol. The van der Waals surface area contributed by atoms with Crippen molar-refractivity contribution in [2.45, 2.75) is 19.3 Å². The third kappa shape index (κ3) is 16.4. The number of carbonyl (C=O) groups excluding carboxylic acids is 3. The summed E-state index contributed by atoms with van der Waals surface area (Å²) in [7, 11) is 4.11. The van der Waals surface area contributed by atoms with Crippen LogP contribution in [-0.4, -0.2) is 103 Å². The zero-order valence-electron chi connectivity index (χ0n) is 17.4. The van der Waals surface area contributed by atoms with Crippen LogP contribution in [0.1, 0.15) is 19.3 Å². The highest BCUT2D eigenvalue weighted by molar-refractivity contribution is 5.70. The van der Waals surface area contributed by atoms with Crippen LogP contribution in [0.4, 0.5) is 0 Å². The Morgan fingerprint density at radius 3 is 1.43 bits per heavy atom. The standard InChI is InChI=1S/C18H36N4O6/c1-26-16(23)4-7-19-8-9-20-10-11-21-12-15-22(13-5-17(24)27-2)14-6-18(25)28-3/h19-21H,4-15H2,1-3H3. The molecule has 0 saturated heterocycles. The van der Waals surface area contributed by atoms with Gasteiger partial charge in [-0.25, -0.2) is 0 Å². The molecule has 0 atom stereocenters. The third-order valence-electron chi connectivity index (χ3n) is 4.02.